The van der Waals surface area contributed by atoms with Crippen LogP contribution in [-0.4, -0.2) is 11.6 Å². The zero-order chi connectivity index (χ0) is 9.84. The fourth-order valence-electron chi connectivity index (χ4n) is 1.04. The summed E-state index contributed by atoms with van der Waals surface area (Å²) in [6.07, 6.45) is 0. The maximum absolute atomic E-state index is 13.2. The van der Waals surface area contributed by atoms with Crippen molar-refractivity contribution in [3.8, 4) is 0 Å². The van der Waals surface area contributed by atoms with Crippen molar-refractivity contribution in [3.63, 3.8) is 0 Å². The third-order valence-electron chi connectivity index (χ3n) is 1.54. The molecule has 1 rings (SSSR count). The van der Waals surface area contributed by atoms with Crippen LogP contribution in [0.5, 0.6) is 0 Å². The highest BCUT2D eigenvalue weighted by Gasteiger charge is 2.10. The largest absolute Gasteiger partial charge is 0.384 e. The monoisotopic (exact) mass is 198 g/mol. The predicted octanol–water partition coefficient (Wildman–Crippen LogP) is 2.22. The number of hydrogen-bond donors (Lipinski definition) is 2. The van der Waals surface area contributed by atoms with Gasteiger partial charge in [-0.25, -0.2) is 4.39 Å². The topological polar surface area (TPSA) is 49.9 Å². The Morgan fingerprint density at radius 3 is 2.85 bits per heavy atom. The fraction of sp³-hybridized carbons (Fsp3) is 0.222. The molecule has 0 atom stereocenters. The van der Waals surface area contributed by atoms with Gasteiger partial charge in [-0.05, 0) is 17.9 Å². The molecule has 0 aliphatic heterocycles. The van der Waals surface area contributed by atoms with Crippen molar-refractivity contribution in [1.82, 2.24) is 0 Å². The van der Waals surface area contributed by atoms with Crippen molar-refractivity contribution < 1.29 is 4.39 Å². The summed E-state index contributed by atoms with van der Waals surface area (Å²) in [7, 11) is 0. The van der Waals surface area contributed by atoms with Gasteiger partial charge in [0.1, 0.15) is 11.7 Å². The molecular weight excluding hydrogens is 187 g/mol. The number of benzene rings is 1. The second-order valence-electron chi connectivity index (χ2n) is 2.46. The molecule has 0 unspecified atom stereocenters. The van der Waals surface area contributed by atoms with E-state index in [1.165, 1.54) is 17.8 Å². The Morgan fingerprint density at radius 2 is 2.31 bits per heavy atom. The molecule has 0 radical (unpaired) electrons. The first-order valence-corrected chi connectivity index (χ1v) is 4.91. The van der Waals surface area contributed by atoms with Gasteiger partial charge in [0.2, 0.25) is 0 Å². The molecule has 3 N–H and O–H groups in total. The Kier molecular flexibility index (Phi) is 3.31. The van der Waals surface area contributed by atoms with E-state index < -0.39 is 5.82 Å². The molecule has 0 bridgehead atoms. The van der Waals surface area contributed by atoms with Crippen LogP contribution in [0.25, 0.3) is 0 Å². The Morgan fingerprint density at radius 1 is 1.62 bits per heavy atom. The van der Waals surface area contributed by atoms with Crippen molar-refractivity contribution in [2.75, 3.05) is 5.75 Å². The highest BCUT2D eigenvalue weighted by atomic mass is 32.2. The molecule has 0 heterocycles. The molecule has 0 aliphatic rings. The van der Waals surface area contributed by atoms with Crippen LogP contribution in [0.15, 0.2) is 23.1 Å². The first-order valence-electron chi connectivity index (χ1n) is 3.92. The van der Waals surface area contributed by atoms with Crippen molar-refractivity contribution >= 4 is 17.6 Å². The number of amidine groups is 1. The minimum absolute atomic E-state index is 0.214. The number of nitrogens with one attached hydrogen (secondary N) is 1. The van der Waals surface area contributed by atoms with E-state index in [0.717, 1.165) is 10.6 Å². The number of nitrogen functional groups attached to an aromatic ring is 1. The second kappa shape index (κ2) is 4.28. The molecule has 0 aromatic heterocycles. The van der Waals surface area contributed by atoms with Crippen molar-refractivity contribution in [3.05, 3.63) is 29.6 Å². The molecule has 0 saturated carbocycles. The van der Waals surface area contributed by atoms with E-state index in [9.17, 15) is 4.39 Å². The summed E-state index contributed by atoms with van der Waals surface area (Å²) in [5, 5.41) is 7.22. The van der Waals surface area contributed by atoms with Crippen molar-refractivity contribution in [2.45, 2.75) is 11.8 Å². The molecule has 0 aliphatic carbocycles. The molecular formula is C9H11FN2S. The summed E-state index contributed by atoms with van der Waals surface area (Å²) in [6.45, 7) is 1.97. The fourth-order valence-corrected chi connectivity index (χ4v) is 1.88. The molecule has 1 aromatic carbocycles. The third-order valence-corrected chi connectivity index (χ3v) is 2.48. The van der Waals surface area contributed by atoms with Crippen molar-refractivity contribution in [2.24, 2.45) is 5.73 Å². The van der Waals surface area contributed by atoms with Gasteiger partial charge in [0, 0.05) is 4.90 Å². The Hall–Kier alpha value is -1.03. The van der Waals surface area contributed by atoms with E-state index >= 15 is 0 Å². The lowest BCUT2D eigenvalue weighted by Gasteiger charge is -2.06. The van der Waals surface area contributed by atoms with Gasteiger partial charge in [0.15, 0.2) is 0 Å². The van der Waals surface area contributed by atoms with Gasteiger partial charge in [0.05, 0.1) is 5.56 Å². The van der Waals surface area contributed by atoms with Crippen molar-refractivity contribution in [1.29, 1.82) is 5.41 Å². The average Bonchev–Trinajstić information content (AvgIpc) is 2.04. The number of hydrogen-bond acceptors (Lipinski definition) is 2. The molecule has 4 heteroatoms. The first-order chi connectivity index (χ1) is 6.16. The SMILES string of the molecule is CCSc1cccc(F)c1C(=N)N. The molecule has 13 heavy (non-hydrogen) atoms. The number of nitrogens with two attached hydrogens (primary N) is 1. The van der Waals surface area contributed by atoms with Gasteiger partial charge in [-0.15, -0.1) is 11.8 Å². The standard InChI is InChI=1S/C9H11FN2S/c1-2-13-7-5-3-4-6(10)8(7)9(11)12/h3-5H,2H2,1H3,(H3,11,12). The van der Waals surface area contributed by atoms with Gasteiger partial charge >= 0.3 is 0 Å². The third kappa shape index (κ3) is 2.21. The zero-order valence-electron chi connectivity index (χ0n) is 7.30. The first kappa shape index (κ1) is 10.1. The van der Waals surface area contributed by atoms with Crippen LogP contribution in [0.1, 0.15) is 12.5 Å². The molecule has 0 amide bonds. The second-order valence-corrected chi connectivity index (χ2v) is 3.77. The van der Waals surface area contributed by atoms with E-state index in [1.807, 2.05) is 6.92 Å². The minimum atomic E-state index is -0.425. The van der Waals surface area contributed by atoms with E-state index in [2.05, 4.69) is 0 Å². The van der Waals surface area contributed by atoms with E-state index in [-0.39, 0.29) is 11.4 Å². The summed E-state index contributed by atoms with van der Waals surface area (Å²) >= 11 is 1.48. The average molecular weight is 198 g/mol. The van der Waals surface area contributed by atoms with Crippen LogP contribution in [0.2, 0.25) is 0 Å². The van der Waals surface area contributed by atoms with Crippen LogP contribution in [0.4, 0.5) is 4.39 Å². The number of rotatable bonds is 3. The van der Waals surface area contributed by atoms with Crippen LogP contribution in [0, 0.1) is 11.2 Å². The molecule has 1 aromatic rings. The summed E-state index contributed by atoms with van der Waals surface area (Å²) in [6, 6.07) is 4.71. The molecule has 0 spiro atoms. The normalized spacial score (nSPS) is 10.0. The summed E-state index contributed by atoms with van der Waals surface area (Å²) in [5.74, 6) is 0.198. The van der Waals surface area contributed by atoms with Crippen LogP contribution in [-0.2, 0) is 0 Å². The van der Waals surface area contributed by atoms with Gasteiger partial charge in [-0.2, -0.15) is 0 Å². The van der Waals surface area contributed by atoms with Crippen LogP contribution < -0.4 is 5.73 Å². The lowest BCUT2D eigenvalue weighted by atomic mass is 10.2. The lowest BCUT2D eigenvalue weighted by molar-refractivity contribution is 0.621. The Bertz CT molecular complexity index is 325. The maximum atomic E-state index is 13.2. The van der Waals surface area contributed by atoms with Gasteiger partial charge < -0.3 is 5.73 Å². The lowest BCUT2D eigenvalue weighted by Crippen LogP contribution is -2.14. The smallest absolute Gasteiger partial charge is 0.135 e. The number of halogens is 1. The Balaban J connectivity index is 3.17. The maximum Gasteiger partial charge on any atom is 0.135 e. The quantitative estimate of drug-likeness (QED) is 0.444. The summed E-state index contributed by atoms with van der Waals surface area (Å²) < 4.78 is 13.2. The van der Waals surface area contributed by atoms with Gasteiger partial charge in [0.25, 0.3) is 0 Å². The van der Waals surface area contributed by atoms with Gasteiger partial charge in [-0.3, -0.25) is 5.41 Å². The highest BCUT2D eigenvalue weighted by Crippen LogP contribution is 2.23. The van der Waals surface area contributed by atoms with E-state index in [0.29, 0.717) is 0 Å². The minimum Gasteiger partial charge on any atom is -0.384 e. The zero-order valence-corrected chi connectivity index (χ0v) is 8.12. The summed E-state index contributed by atoms with van der Waals surface area (Å²) in [4.78, 5) is 0.731. The van der Waals surface area contributed by atoms with Crippen LogP contribution >= 0.6 is 11.8 Å². The predicted molar refractivity (Wildman–Crippen MR) is 53.8 cm³/mol. The van der Waals surface area contributed by atoms with Gasteiger partial charge in [-0.1, -0.05) is 13.0 Å². The molecule has 2 nitrogen and oxygen atoms in total. The Labute approximate surface area is 80.8 Å². The molecule has 0 saturated heterocycles. The highest BCUT2D eigenvalue weighted by molar-refractivity contribution is 7.99. The number of thioether (sulfide) groups is 1. The molecule has 0 fully saturated rings. The van der Waals surface area contributed by atoms with Crippen LogP contribution in [0.3, 0.4) is 0 Å². The van der Waals surface area contributed by atoms with E-state index in [4.69, 9.17) is 11.1 Å². The van der Waals surface area contributed by atoms with E-state index in [1.54, 1.807) is 12.1 Å². The summed E-state index contributed by atoms with van der Waals surface area (Å²) in [5.41, 5.74) is 5.49. The molecule has 70 valence electrons.